The average molecular weight is 464 g/mol. The number of ether oxygens (including phenoxy) is 2. The summed E-state index contributed by atoms with van der Waals surface area (Å²) in [5.74, 6) is 0.932. The second-order valence-corrected chi connectivity index (χ2v) is 7.84. The van der Waals surface area contributed by atoms with Gasteiger partial charge in [-0.15, -0.1) is 0 Å². The van der Waals surface area contributed by atoms with Crippen molar-refractivity contribution >= 4 is 17.4 Å². The van der Waals surface area contributed by atoms with E-state index in [1.165, 1.54) is 12.1 Å². The maximum Gasteiger partial charge on any atom is 0.322 e. The van der Waals surface area contributed by atoms with E-state index in [2.05, 4.69) is 10.5 Å². The van der Waals surface area contributed by atoms with Crippen molar-refractivity contribution in [2.75, 3.05) is 26.1 Å². The van der Waals surface area contributed by atoms with Crippen LogP contribution in [0.4, 0.5) is 14.9 Å². The molecule has 0 aromatic heterocycles. The first-order valence-corrected chi connectivity index (χ1v) is 10.9. The Morgan fingerprint density at radius 3 is 2.71 bits per heavy atom. The monoisotopic (exact) mass is 463 g/mol. The molecule has 0 aliphatic carbocycles. The van der Waals surface area contributed by atoms with E-state index in [9.17, 15) is 9.18 Å². The van der Waals surface area contributed by atoms with Gasteiger partial charge in [-0.2, -0.15) is 0 Å². The van der Waals surface area contributed by atoms with Gasteiger partial charge in [0, 0.05) is 18.5 Å². The molecule has 1 N–H and O–H groups in total. The van der Waals surface area contributed by atoms with Crippen molar-refractivity contribution in [2.45, 2.75) is 19.1 Å². The molecule has 0 saturated heterocycles. The minimum Gasteiger partial charge on any atom is -0.497 e. The smallest absolute Gasteiger partial charge is 0.322 e. The molecule has 2 amide bonds. The number of carbonyl (C=O) groups is 1. The van der Waals surface area contributed by atoms with Crippen LogP contribution in [0.2, 0.25) is 0 Å². The van der Waals surface area contributed by atoms with Crippen LogP contribution in [0.25, 0.3) is 0 Å². The molecule has 0 saturated carbocycles. The Morgan fingerprint density at radius 1 is 1.09 bits per heavy atom. The second kappa shape index (κ2) is 10.7. The molecule has 0 bridgehead atoms. The van der Waals surface area contributed by atoms with Crippen LogP contribution in [0.5, 0.6) is 11.5 Å². The highest BCUT2D eigenvalue weighted by Gasteiger charge is 2.27. The van der Waals surface area contributed by atoms with Gasteiger partial charge in [-0.1, -0.05) is 41.6 Å². The number of carbonyl (C=O) groups excluding carboxylic acids is 1. The predicted octanol–water partition coefficient (Wildman–Crippen LogP) is 5.07. The third kappa shape index (κ3) is 5.64. The van der Waals surface area contributed by atoms with Gasteiger partial charge in [-0.25, -0.2) is 9.18 Å². The number of rotatable bonds is 8. The van der Waals surface area contributed by atoms with E-state index < -0.39 is 0 Å². The third-order valence-electron chi connectivity index (χ3n) is 5.46. The first-order chi connectivity index (χ1) is 16.6. The summed E-state index contributed by atoms with van der Waals surface area (Å²) < 4.78 is 24.3. The van der Waals surface area contributed by atoms with Crippen molar-refractivity contribution in [3.63, 3.8) is 0 Å². The number of oxime groups is 1. The normalized spacial score (nSPS) is 14.7. The lowest BCUT2D eigenvalue weighted by Gasteiger charge is -2.26. The van der Waals surface area contributed by atoms with Gasteiger partial charge in [0.1, 0.15) is 17.3 Å². The number of benzene rings is 3. The molecule has 0 fully saturated rings. The van der Waals surface area contributed by atoms with Gasteiger partial charge in [-0.05, 0) is 42.0 Å². The number of nitrogens with one attached hydrogen (secondary N) is 1. The average Bonchev–Trinajstić information content (AvgIpc) is 3.33. The maximum atomic E-state index is 13.6. The molecular formula is C26H26FN3O4. The first kappa shape index (κ1) is 23.1. The van der Waals surface area contributed by atoms with Gasteiger partial charge in [-0.3, -0.25) is 0 Å². The highest BCUT2D eigenvalue weighted by Crippen LogP contribution is 2.25. The number of halogens is 1. The zero-order chi connectivity index (χ0) is 23.9. The minimum absolute atomic E-state index is 0.278. The first-order valence-electron chi connectivity index (χ1n) is 10.9. The van der Waals surface area contributed by atoms with Crippen LogP contribution in [-0.2, 0) is 11.4 Å². The van der Waals surface area contributed by atoms with Crippen molar-refractivity contribution in [3.8, 4) is 11.5 Å². The van der Waals surface area contributed by atoms with Crippen LogP contribution in [-0.4, -0.2) is 43.5 Å². The molecule has 1 aliphatic rings. The van der Waals surface area contributed by atoms with Gasteiger partial charge in [0.25, 0.3) is 0 Å². The minimum atomic E-state index is -0.368. The highest BCUT2D eigenvalue weighted by atomic mass is 19.1. The second-order valence-electron chi connectivity index (χ2n) is 7.84. The van der Waals surface area contributed by atoms with Crippen molar-refractivity contribution in [2.24, 2.45) is 5.16 Å². The van der Waals surface area contributed by atoms with E-state index in [4.69, 9.17) is 14.3 Å². The van der Waals surface area contributed by atoms with Crippen molar-refractivity contribution in [1.29, 1.82) is 0 Å². The number of para-hydroxylation sites is 2. The summed E-state index contributed by atoms with van der Waals surface area (Å²) >= 11 is 0. The van der Waals surface area contributed by atoms with E-state index in [0.29, 0.717) is 41.4 Å². The number of anilines is 1. The molecule has 0 unspecified atom stereocenters. The van der Waals surface area contributed by atoms with Gasteiger partial charge in [0.05, 0.1) is 32.2 Å². The number of methoxy groups -OCH3 is 2. The Morgan fingerprint density at radius 2 is 1.91 bits per heavy atom. The number of nitrogens with zero attached hydrogens (tertiary/aromatic N) is 2. The standard InChI is InChI=1S/C26H26FN3O4/c1-32-21-10-5-7-18(13-21)16-30(26(31)28-23-11-3-4-12-25(23)33-2)17-22-15-24(29-34-22)19-8-6-9-20(27)14-19/h3-14,22H,15-17H2,1-2H3,(H,28,31)/t22-/m1/s1. The largest absolute Gasteiger partial charge is 0.497 e. The lowest BCUT2D eigenvalue weighted by atomic mass is 10.0. The number of amides is 2. The van der Waals surface area contributed by atoms with Crippen molar-refractivity contribution in [1.82, 2.24) is 4.90 Å². The Kier molecular flexibility index (Phi) is 7.27. The number of hydrogen-bond donors (Lipinski definition) is 1. The molecule has 176 valence electrons. The Balaban J connectivity index is 1.51. The topological polar surface area (TPSA) is 72.4 Å². The van der Waals surface area contributed by atoms with Crippen LogP contribution in [0.1, 0.15) is 17.5 Å². The zero-order valence-electron chi connectivity index (χ0n) is 19.0. The van der Waals surface area contributed by atoms with Gasteiger partial charge >= 0.3 is 6.03 Å². The van der Waals surface area contributed by atoms with Gasteiger partial charge in [0.2, 0.25) is 0 Å². The summed E-state index contributed by atoms with van der Waals surface area (Å²) in [4.78, 5) is 20.6. The van der Waals surface area contributed by atoms with Crippen molar-refractivity contribution in [3.05, 3.63) is 89.7 Å². The fourth-order valence-corrected chi connectivity index (χ4v) is 3.76. The lowest BCUT2D eigenvalue weighted by molar-refractivity contribution is 0.0608. The van der Waals surface area contributed by atoms with E-state index in [-0.39, 0.29) is 24.5 Å². The Hall–Kier alpha value is -4.07. The molecule has 1 heterocycles. The van der Waals surface area contributed by atoms with Gasteiger partial charge < -0.3 is 24.5 Å². The summed E-state index contributed by atoms with van der Waals surface area (Å²) in [5.41, 5.74) is 2.78. The van der Waals surface area contributed by atoms with Gasteiger partial charge in [0.15, 0.2) is 6.10 Å². The molecule has 0 radical (unpaired) electrons. The van der Waals surface area contributed by atoms with E-state index in [0.717, 1.165) is 5.56 Å². The molecule has 7 nitrogen and oxygen atoms in total. The van der Waals surface area contributed by atoms with E-state index in [1.54, 1.807) is 43.4 Å². The van der Waals surface area contributed by atoms with E-state index in [1.807, 2.05) is 36.4 Å². The Bertz CT molecular complexity index is 1180. The third-order valence-corrected chi connectivity index (χ3v) is 5.46. The zero-order valence-corrected chi connectivity index (χ0v) is 19.0. The predicted molar refractivity (Wildman–Crippen MR) is 128 cm³/mol. The summed E-state index contributed by atoms with van der Waals surface area (Å²) in [7, 11) is 3.15. The Labute approximate surface area is 197 Å². The summed E-state index contributed by atoms with van der Waals surface area (Å²) in [6.07, 6.45) is 0.0901. The fraction of sp³-hybridized carbons (Fsp3) is 0.231. The SMILES string of the molecule is COc1cccc(CN(C[C@H]2CC(c3cccc(F)c3)=NO2)C(=O)Nc2ccccc2OC)c1. The number of hydrogen-bond acceptors (Lipinski definition) is 5. The molecule has 34 heavy (non-hydrogen) atoms. The quantitative estimate of drug-likeness (QED) is 0.506. The molecule has 3 aromatic carbocycles. The summed E-state index contributed by atoms with van der Waals surface area (Å²) in [5, 5.41) is 7.06. The highest BCUT2D eigenvalue weighted by molar-refractivity contribution is 6.01. The van der Waals surface area contributed by atoms with Crippen LogP contribution in [0, 0.1) is 5.82 Å². The van der Waals surface area contributed by atoms with Crippen molar-refractivity contribution < 1.29 is 23.5 Å². The molecule has 1 atom stereocenters. The molecular weight excluding hydrogens is 437 g/mol. The fourth-order valence-electron chi connectivity index (χ4n) is 3.76. The van der Waals surface area contributed by atoms with Crippen LogP contribution in [0.3, 0.4) is 0 Å². The lowest BCUT2D eigenvalue weighted by Crippen LogP contribution is -2.40. The summed E-state index contributed by atoms with van der Waals surface area (Å²) in [6.45, 7) is 0.605. The molecule has 4 rings (SSSR count). The summed E-state index contributed by atoms with van der Waals surface area (Å²) in [6, 6.07) is 20.7. The van der Waals surface area contributed by atoms with Crippen LogP contribution >= 0.6 is 0 Å². The number of urea groups is 1. The molecule has 8 heteroatoms. The van der Waals surface area contributed by atoms with E-state index >= 15 is 0 Å². The maximum absolute atomic E-state index is 13.6. The van der Waals surface area contributed by atoms with Crippen LogP contribution in [0.15, 0.2) is 78.0 Å². The van der Waals surface area contributed by atoms with Crippen LogP contribution < -0.4 is 14.8 Å². The molecule has 1 aliphatic heterocycles. The molecule has 0 spiro atoms. The molecule has 3 aromatic rings.